The summed E-state index contributed by atoms with van der Waals surface area (Å²) in [5.74, 6) is 0.403. The second kappa shape index (κ2) is 10.3. The summed E-state index contributed by atoms with van der Waals surface area (Å²) in [5, 5.41) is 0. The van der Waals surface area contributed by atoms with Gasteiger partial charge in [-0.2, -0.15) is 15.0 Å². The molecule has 35 heavy (non-hydrogen) atoms. The Hall–Kier alpha value is -3.70. The Kier molecular flexibility index (Phi) is 6.77. The summed E-state index contributed by atoms with van der Waals surface area (Å²) in [6, 6.07) is 14.3. The van der Waals surface area contributed by atoms with Crippen LogP contribution in [0.2, 0.25) is 0 Å². The molecule has 1 saturated heterocycles. The van der Waals surface area contributed by atoms with E-state index in [4.69, 9.17) is 14.2 Å². The van der Waals surface area contributed by atoms with Gasteiger partial charge in [0.05, 0.1) is 30.9 Å². The molecule has 0 N–H and O–H groups in total. The monoisotopic (exact) mass is 482 g/mol. The molecule has 2 aromatic carbocycles. The quantitative estimate of drug-likeness (QED) is 0.373. The number of aromatic nitrogens is 5. The molecule has 3 heterocycles. The van der Waals surface area contributed by atoms with E-state index in [0.29, 0.717) is 55.6 Å². The van der Waals surface area contributed by atoms with Gasteiger partial charge in [0.25, 0.3) is 6.43 Å². The molecule has 0 bridgehead atoms. The van der Waals surface area contributed by atoms with Crippen LogP contribution in [0.5, 0.6) is 11.8 Å². The minimum absolute atomic E-state index is 0.000805. The van der Waals surface area contributed by atoms with Crippen molar-refractivity contribution in [2.75, 3.05) is 44.9 Å². The minimum Gasteiger partial charge on any atom is -0.424 e. The Bertz CT molecular complexity index is 1290. The number of fused-ring (bicyclic) bond motifs is 1. The first-order valence-corrected chi connectivity index (χ1v) is 11.2. The molecule has 1 fully saturated rings. The fourth-order valence-electron chi connectivity index (χ4n) is 3.84. The number of imidazole rings is 1. The van der Waals surface area contributed by atoms with E-state index in [-0.39, 0.29) is 12.0 Å². The highest BCUT2D eigenvalue weighted by Crippen LogP contribution is 2.29. The lowest BCUT2D eigenvalue weighted by Crippen LogP contribution is -2.37. The topological polar surface area (TPSA) is 87.4 Å². The third kappa shape index (κ3) is 5.05. The van der Waals surface area contributed by atoms with Gasteiger partial charge in [-0.1, -0.05) is 24.3 Å². The number of hydrogen-bond acceptors (Lipinski definition) is 8. The molecular weight excluding hydrogens is 458 g/mol. The van der Waals surface area contributed by atoms with Crippen molar-refractivity contribution in [3.8, 4) is 17.7 Å². The lowest BCUT2D eigenvalue weighted by Gasteiger charge is -2.27. The largest absolute Gasteiger partial charge is 0.424 e. The smallest absolute Gasteiger partial charge is 0.328 e. The van der Waals surface area contributed by atoms with Crippen LogP contribution in [0.4, 0.5) is 14.7 Å². The SMILES string of the molecule is COCCc1ccc(Oc2nc(N3CCOCC3)nc(-n3c(C(F)F)nc4ccccc43)n2)cc1. The minimum atomic E-state index is -2.82. The van der Waals surface area contributed by atoms with Crippen molar-refractivity contribution in [2.24, 2.45) is 0 Å². The van der Waals surface area contributed by atoms with Crippen molar-refractivity contribution in [1.29, 1.82) is 0 Å². The predicted molar refractivity (Wildman–Crippen MR) is 125 cm³/mol. The van der Waals surface area contributed by atoms with E-state index in [9.17, 15) is 8.78 Å². The first kappa shape index (κ1) is 23.1. The van der Waals surface area contributed by atoms with Gasteiger partial charge in [0.1, 0.15) is 5.75 Å². The maximum absolute atomic E-state index is 14.0. The molecule has 0 radical (unpaired) electrons. The van der Waals surface area contributed by atoms with E-state index in [2.05, 4.69) is 19.9 Å². The van der Waals surface area contributed by atoms with Gasteiger partial charge in [0.2, 0.25) is 11.9 Å². The summed E-state index contributed by atoms with van der Waals surface area (Å²) in [4.78, 5) is 19.4. The molecule has 0 aliphatic carbocycles. The van der Waals surface area contributed by atoms with E-state index < -0.39 is 12.2 Å². The van der Waals surface area contributed by atoms with Crippen LogP contribution in [-0.4, -0.2) is 64.5 Å². The molecular formula is C24H24F2N6O3. The fourth-order valence-corrected chi connectivity index (χ4v) is 3.84. The number of rotatable bonds is 8. The van der Waals surface area contributed by atoms with Crippen molar-refractivity contribution >= 4 is 17.0 Å². The summed E-state index contributed by atoms with van der Waals surface area (Å²) in [6.45, 7) is 2.76. The van der Waals surface area contributed by atoms with Gasteiger partial charge in [-0.3, -0.25) is 4.57 Å². The maximum Gasteiger partial charge on any atom is 0.328 e. The van der Waals surface area contributed by atoms with Gasteiger partial charge >= 0.3 is 6.01 Å². The van der Waals surface area contributed by atoms with Crippen LogP contribution in [0, 0.1) is 0 Å². The zero-order valence-corrected chi connectivity index (χ0v) is 19.1. The van der Waals surface area contributed by atoms with Gasteiger partial charge in [-0.15, -0.1) is 0 Å². The van der Waals surface area contributed by atoms with Gasteiger partial charge in [-0.25, -0.2) is 13.8 Å². The number of morpholine rings is 1. The molecule has 1 aliphatic rings. The van der Waals surface area contributed by atoms with Crippen LogP contribution < -0.4 is 9.64 Å². The van der Waals surface area contributed by atoms with E-state index in [1.54, 1.807) is 43.5 Å². The average molecular weight is 482 g/mol. The Morgan fingerprint density at radius 3 is 2.43 bits per heavy atom. The van der Waals surface area contributed by atoms with Crippen molar-refractivity contribution in [3.05, 3.63) is 59.9 Å². The third-order valence-electron chi connectivity index (χ3n) is 5.59. The van der Waals surface area contributed by atoms with Crippen molar-refractivity contribution < 1.29 is 23.0 Å². The van der Waals surface area contributed by atoms with Gasteiger partial charge in [0.15, 0.2) is 5.82 Å². The molecule has 2 aromatic heterocycles. The lowest BCUT2D eigenvalue weighted by atomic mass is 10.1. The number of halogens is 2. The number of benzene rings is 2. The summed E-state index contributed by atoms with van der Waals surface area (Å²) < 4.78 is 45.7. The molecule has 0 saturated carbocycles. The van der Waals surface area contributed by atoms with E-state index in [1.807, 2.05) is 17.0 Å². The number of hydrogen-bond donors (Lipinski definition) is 0. The molecule has 0 amide bonds. The fraction of sp³-hybridized carbons (Fsp3) is 0.333. The van der Waals surface area contributed by atoms with E-state index in [1.165, 1.54) is 4.57 Å². The number of ether oxygens (including phenoxy) is 3. The lowest BCUT2D eigenvalue weighted by molar-refractivity contribution is 0.122. The van der Waals surface area contributed by atoms with Crippen LogP contribution in [0.15, 0.2) is 48.5 Å². The molecule has 1 aliphatic heterocycles. The van der Waals surface area contributed by atoms with Crippen molar-refractivity contribution in [2.45, 2.75) is 12.8 Å². The molecule has 9 nitrogen and oxygen atoms in total. The highest BCUT2D eigenvalue weighted by Gasteiger charge is 2.24. The molecule has 182 valence electrons. The molecule has 4 aromatic rings. The number of alkyl halides is 2. The highest BCUT2D eigenvalue weighted by atomic mass is 19.3. The summed E-state index contributed by atoms with van der Waals surface area (Å²) >= 11 is 0. The number of para-hydroxylation sites is 2. The van der Waals surface area contributed by atoms with E-state index >= 15 is 0 Å². The number of anilines is 1. The molecule has 0 unspecified atom stereocenters. The standard InChI is InChI=1S/C24H24F2N6O3/c1-33-13-10-16-6-8-17(9-7-16)35-24-29-22(31-11-14-34-15-12-31)28-23(30-24)32-19-5-3-2-4-18(19)27-21(32)20(25)26/h2-9,20H,10-15H2,1H3. The zero-order chi connectivity index (χ0) is 24.2. The summed E-state index contributed by atoms with van der Waals surface area (Å²) in [7, 11) is 1.66. The molecule has 0 spiro atoms. The van der Waals surface area contributed by atoms with Crippen molar-refractivity contribution in [1.82, 2.24) is 24.5 Å². The number of methoxy groups -OCH3 is 1. The Morgan fingerprint density at radius 2 is 1.69 bits per heavy atom. The van der Waals surface area contributed by atoms with Crippen LogP contribution in [0.3, 0.4) is 0 Å². The number of nitrogens with zero attached hydrogens (tertiary/aromatic N) is 6. The summed E-state index contributed by atoms with van der Waals surface area (Å²) in [5.41, 5.74) is 1.98. The highest BCUT2D eigenvalue weighted by molar-refractivity contribution is 5.77. The van der Waals surface area contributed by atoms with Crippen LogP contribution in [0.25, 0.3) is 17.0 Å². The van der Waals surface area contributed by atoms with Crippen LogP contribution >= 0.6 is 0 Å². The maximum atomic E-state index is 14.0. The molecule has 5 rings (SSSR count). The normalized spacial score (nSPS) is 14.1. The zero-order valence-electron chi connectivity index (χ0n) is 19.1. The van der Waals surface area contributed by atoms with Gasteiger partial charge in [0, 0.05) is 20.2 Å². The Balaban J connectivity index is 1.56. The second-order valence-corrected chi connectivity index (χ2v) is 7.90. The Labute approximate surface area is 200 Å². The van der Waals surface area contributed by atoms with Crippen molar-refractivity contribution in [3.63, 3.8) is 0 Å². The van der Waals surface area contributed by atoms with Crippen LogP contribution in [0.1, 0.15) is 17.8 Å². The first-order valence-electron chi connectivity index (χ1n) is 11.2. The predicted octanol–water partition coefficient (Wildman–Crippen LogP) is 3.97. The second-order valence-electron chi connectivity index (χ2n) is 7.90. The average Bonchev–Trinajstić information content (AvgIpc) is 3.29. The Morgan fingerprint density at radius 1 is 0.943 bits per heavy atom. The molecule has 11 heteroatoms. The van der Waals surface area contributed by atoms with Gasteiger partial charge in [-0.05, 0) is 36.2 Å². The van der Waals surface area contributed by atoms with Crippen LogP contribution in [-0.2, 0) is 15.9 Å². The van der Waals surface area contributed by atoms with Gasteiger partial charge < -0.3 is 19.1 Å². The molecule has 0 atom stereocenters. The first-order chi connectivity index (χ1) is 17.1. The van der Waals surface area contributed by atoms with E-state index in [0.717, 1.165) is 12.0 Å². The summed E-state index contributed by atoms with van der Waals surface area (Å²) in [6.07, 6.45) is -2.05. The third-order valence-corrected chi connectivity index (χ3v) is 5.59.